The predicted molar refractivity (Wildman–Crippen MR) is 101 cm³/mol. The van der Waals surface area contributed by atoms with Crippen molar-refractivity contribution in [2.24, 2.45) is 5.92 Å². The number of fused-ring (bicyclic) bond motifs is 1. The molecule has 27 heavy (non-hydrogen) atoms. The molecule has 0 bridgehead atoms. The van der Waals surface area contributed by atoms with Gasteiger partial charge in [-0.05, 0) is 43.2 Å². The zero-order valence-corrected chi connectivity index (χ0v) is 15.2. The summed E-state index contributed by atoms with van der Waals surface area (Å²) in [5.74, 6) is 1.44. The van der Waals surface area contributed by atoms with Crippen molar-refractivity contribution in [3.05, 3.63) is 54.1 Å². The summed E-state index contributed by atoms with van der Waals surface area (Å²) in [6.45, 7) is 0.804. The molecule has 2 amide bonds. The number of anilines is 1. The third-order valence-corrected chi connectivity index (χ3v) is 4.72. The summed E-state index contributed by atoms with van der Waals surface area (Å²) in [6, 6.07) is 14.5. The van der Waals surface area contributed by atoms with E-state index in [1.165, 1.54) is 0 Å². The average Bonchev–Trinajstić information content (AvgIpc) is 3.53. The molecule has 140 valence electrons. The second-order valence-electron chi connectivity index (χ2n) is 7.03. The number of hydrogen-bond donors (Lipinski definition) is 1. The lowest BCUT2D eigenvalue weighted by Gasteiger charge is -2.29. The molecule has 0 aromatic heterocycles. The van der Waals surface area contributed by atoms with Crippen molar-refractivity contribution >= 4 is 17.5 Å². The molecule has 6 heteroatoms. The second kappa shape index (κ2) is 7.31. The SMILES string of the molecule is CN(CC1COc2ccccc2O1)C(=O)c1cccc(NC(=O)C2CC2)c1. The first kappa shape index (κ1) is 17.4. The maximum atomic E-state index is 12.8. The van der Waals surface area contributed by atoms with Gasteiger partial charge < -0.3 is 19.7 Å². The normalized spacial score (nSPS) is 17.9. The first-order valence-electron chi connectivity index (χ1n) is 9.15. The minimum absolute atomic E-state index is 0.0272. The number of para-hydroxylation sites is 2. The lowest BCUT2D eigenvalue weighted by atomic mass is 10.1. The van der Waals surface area contributed by atoms with Gasteiger partial charge in [0.05, 0.1) is 6.54 Å². The first-order chi connectivity index (χ1) is 13.1. The molecule has 1 saturated carbocycles. The third-order valence-electron chi connectivity index (χ3n) is 4.72. The van der Waals surface area contributed by atoms with E-state index in [2.05, 4.69) is 5.32 Å². The monoisotopic (exact) mass is 366 g/mol. The molecule has 0 radical (unpaired) electrons. The summed E-state index contributed by atoms with van der Waals surface area (Å²) in [5.41, 5.74) is 1.18. The summed E-state index contributed by atoms with van der Waals surface area (Å²) in [7, 11) is 1.74. The number of rotatable bonds is 5. The van der Waals surface area contributed by atoms with Crippen molar-refractivity contribution < 1.29 is 19.1 Å². The van der Waals surface area contributed by atoms with Gasteiger partial charge in [0.25, 0.3) is 5.91 Å². The Morgan fingerprint density at radius 2 is 1.89 bits per heavy atom. The van der Waals surface area contributed by atoms with Crippen molar-refractivity contribution in [1.29, 1.82) is 0 Å². The number of amides is 2. The van der Waals surface area contributed by atoms with Gasteiger partial charge in [-0.25, -0.2) is 0 Å². The molecule has 2 aliphatic rings. The minimum atomic E-state index is -0.230. The van der Waals surface area contributed by atoms with Crippen LogP contribution in [0.25, 0.3) is 0 Å². The molecule has 1 heterocycles. The second-order valence-corrected chi connectivity index (χ2v) is 7.03. The van der Waals surface area contributed by atoms with Crippen LogP contribution in [0.15, 0.2) is 48.5 Å². The fourth-order valence-corrected chi connectivity index (χ4v) is 3.08. The Kier molecular flexibility index (Phi) is 4.71. The minimum Gasteiger partial charge on any atom is -0.486 e. The van der Waals surface area contributed by atoms with Crippen LogP contribution in [0.2, 0.25) is 0 Å². The van der Waals surface area contributed by atoms with Gasteiger partial charge in [0.1, 0.15) is 6.61 Å². The van der Waals surface area contributed by atoms with Gasteiger partial charge in [0, 0.05) is 24.2 Å². The van der Waals surface area contributed by atoms with E-state index < -0.39 is 0 Å². The molecule has 1 atom stereocenters. The molecule has 2 aromatic rings. The standard InChI is InChI=1S/C21H22N2O4/c1-23(12-17-13-26-18-7-2-3-8-19(18)27-17)21(25)15-5-4-6-16(11-15)22-20(24)14-9-10-14/h2-8,11,14,17H,9-10,12-13H2,1H3,(H,22,24). The van der Waals surface area contributed by atoms with E-state index in [1.807, 2.05) is 24.3 Å². The lowest BCUT2D eigenvalue weighted by molar-refractivity contribution is -0.117. The van der Waals surface area contributed by atoms with E-state index >= 15 is 0 Å². The van der Waals surface area contributed by atoms with Gasteiger partial charge in [-0.3, -0.25) is 9.59 Å². The van der Waals surface area contributed by atoms with Crippen molar-refractivity contribution in [2.45, 2.75) is 18.9 Å². The molecule has 2 aromatic carbocycles. The van der Waals surface area contributed by atoms with Gasteiger partial charge in [0.2, 0.25) is 5.91 Å². The largest absolute Gasteiger partial charge is 0.486 e. The van der Waals surface area contributed by atoms with Crippen LogP contribution >= 0.6 is 0 Å². The Balaban J connectivity index is 1.38. The number of nitrogens with one attached hydrogen (secondary N) is 1. The Hall–Kier alpha value is -3.02. The van der Waals surface area contributed by atoms with Crippen LogP contribution in [-0.2, 0) is 4.79 Å². The number of nitrogens with zero attached hydrogens (tertiary/aromatic N) is 1. The van der Waals surface area contributed by atoms with Crippen LogP contribution in [-0.4, -0.2) is 43.0 Å². The number of hydrogen-bond acceptors (Lipinski definition) is 4. The van der Waals surface area contributed by atoms with Crippen LogP contribution < -0.4 is 14.8 Å². The van der Waals surface area contributed by atoms with Crippen LogP contribution in [0, 0.1) is 5.92 Å². The first-order valence-corrected chi connectivity index (χ1v) is 9.15. The summed E-state index contributed by atoms with van der Waals surface area (Å²) in [6.07, 6.45) is 1.66. The molecule has 4 rings (SSSR count). The Morgan fingerprint density at radius 3 is 2.67 bits per heavy atom. The summed E-state index contributed by atoms with van der Waals surface area (Å²) < 4.78 is 11.6. The number of carbonyl (C=O) groups is 2. The van der Waals surface area contributed by atoms with E-state index in [0.29, 0.717) is 30.2 Å². The summed E-state index contributed by atoms with van der Waals surface area (Å²) >= 11 is 0. The average molecular weight is 366 g/mol. The van der Waals surface area contributed by atoms with Crippen molar-refractivity contribution in [3.8, 4) is 11.5 Å². The molecule has 1 aliphatic heterocycles. The molecule has 1 unspecified atom stereocenters. The highest BCUT2D eigenvalue weighted by Gasteiger charge is 2.29. The van der Waals surface area contributed by atoms with Gasteiger partial charge in [-0.1, -0.05) is 18.2 Å². The molecule has 0 spiro atoms. The molecule has 1 aliphatic carbocycles. The quantitative estimate of drug-likeness (QED) is 0.883. The van der Waals surface area contributed by atoms with Crippen LogP contribution in [0.1, 0.15) is 23.2 Å². The zero-order chi connectivity index (χ0) is 18.8. The number of carbonyl (C=O) groups excluding carboxylic acids is 2. The lowest BCUT2D eigenvalue weighted by Crippen LogP contribution is -2.41. The maximum absolute atomic E-state index is 12.8. The molecular formula is C21H22N2O4. The number of ether oxygens (including phenoxy) is 2. The number of benzene rings is 2. The van der Waals surface area contributed by atoms with Crippen molar-refractivity contribution in [3.63, 3.8) is 0 Å². The van der Waals surface area contributed by atoms with Crippen LogP contribution in [0.5, 0.6) is 11.5 Å². The fraction of sp³-hybridized carbons (Fsp3) is 0.333. The number of likely N-dealkylation sites (N-methyl/N-ethyl adjacent to an activating group) is 1. The molecule has 6 nitrogen and oxygen atoms in total. The summed E-state index contributed by atoms with van der Waals surface area (Å²) in [4.78, 5) is 26.3. The fourth-order valence-electron chi connectivity index (χ4n) is 3.08. The van der Waals surface area contributed by atoms with E-state index in [9.17, 15) is 9.59 Å². The molecular weight excluding hydrogens is 344 g/mol. The van der Waals surface area contributed by atoms with Gasteiger partial charge >= 0.3 is 0 Å². The highest BCUT2D eigenvalue weighted by Crippen LogP contribution is 2.31. The Bertz CT molecular complexity index is 863. The van der Waals surface area contributed by atoms with Crippen LogP contribution in [0.4, 0.5) is 5.69 Å². The van der Waals surface area contributed by atoms with E-state index in [1.54, 1.807) is 36.2 Å². The maximum Gasteiger partial charge on any atom is 0.253 e. The van der Waals surface area contributed by atoms with E-state index in [0.717, 1.165) is 18.6 Å². The smallest absolute Gasteiger partial charge is 0.253 e. The van der Waals surface area contributed by atoms with E-state index in [4.69, 9.17) is 9.47 Å². The van der Waals surface area contributed by atoms with Gasteiger partial charge in [-0.15, -0.1) is 0 Å². The van der Waals surface area contributed by atoms with Crippen molar-refractivity contribution in [1.82, 2.24) is 4.90 Å². The van der Waals surface area contributed by atoms with Gasteiger partial charge in [0.15, 0.2) is 17.6 Å². The third kappa shape index (κ3) is 4.05. The highest BCUT2D eigenvalue weighted by molar-refractivity contribution is 5.98. The topological polar surface area (TPSA) is 67.9 Å². The molecule has 1 N–H and O–H groups in total. The van der Waals surface area contributed by atoms with E-state index in [-0.39, 0.29) is 23.8 Å². The highest BCUT2D eigenvalue weighted by atomic mass is 16.6. The predicted octanol–water partition coefficient (Wildman–Crippen LogP) is 2.95. The Labute approximate surface area is 158 Å². The van der Waals surface area contributed by atoms with Crippen LogP contribution in [0.3, 0.4) is 0 Å². The van der Waals surface area contributed by atoms with Crippen molar-refractivity contribution in [2.75, 3.05) is 25.5 Å². The van der Waals surface area contributed by atoms with Gasteiger partial charge in [-0.2, -0.15) is 0 Å². The summed E-state index contributed by atoms with van der Waals surface area (Å²) in [5, 5.41) is 2.88. The molecule has 1 fully saturated rings. The molecule has 0 saturated heterocycles. The Morgan fingerprint density at radius 1 is 1.11 bits per heavy atom. The zero-order valence-electron chi connectivity index (χ0n) is 15.2.